The maximum atomic E-state index is 5.65. The summed E-state index contributed by atoms with van der Waals surface area (Å²) in [4.78, 5) is 0. The number of nitrogens with two attached hydrogens (primary N) is 1. The van der Waals surface area contributed by atoms with Gasteiger partial charge in [-0.3, -0.25) is 5.84 Å². The lowest BCUT2D eigenvalue weighted by molar-refractivity contribution is 0.173. The second-order valence-electron chi connectivity index (χ2n) is 3.58. The molecule has 2 nitrogen and oxygen atoms in total. The van der Waals surface area contributed by atoms with Crippen LogP contribution < -0.4 is 5.84 Å². The van der Waals surface area contributed by atoms with Gasteiger partial charge in [-0.1, -0.05) is 6.92 Å². The SMILES string of the molecule is CC1CCC(N(C)N)CC1. The molecule has 1 saturated carbocycles. The largest absolute Gasteiger partial charge is 0.269 e. The van der Waals surface area contributed by atoms with Crippen LogP contribution >= 0.6 is 0 Å². The van der Waals surface area contributed by atoms with Gasteiger partial charge >= 0.3 is 0 Å². The van der Waals surface area contributed by atoms with Crippen LogP contribution in [0.15, 0.2) is 0 Å². The topological polar surface area (TPSA) is 29.3 Å². The zero-order chi connectivity index (χ0) is 7.56. The summed E-state index contributed by atoms with van der Waals surface area (Å²) in [6.07, 6.45) is 5.28. The smallest absolute Gasteiger partial charge is 0.0238 e. The third-order valence-electron chi connectivity index (χ3n) is 2.56. The molecule has 0 saturated heterocycles. The average molecular weight is 142 g/mol. The van der Waals surface area contributed by atoms with Crippen LogP contribution in [0.5, 0.6) is 0 Å². The molecule has 2 N–H and O–H groups in total. The molecule has 0 aromatic rings. The second kappa shape index (κ2) is 3.35. The Hall–Kier alpha value is -0.0800. The number of rotatable bonds is 1. The average Bonchev–Trinajstić information content (AvgIpc) is 1.88. The van der Waals surface area contributed by atoms with Gasteiger partial charge in [0.05, 0.1) is 0 Å². The maximum absolute atomic E-state index is 5.65. The zero-order valence-corrected chi connectivity index (χ0v) is 7.01. The van der Waals surface area contributed by atoms with Crippen molar-refractivity contribution in [2.45, 2.75) is 38.6 Å². The van der Waals surface area contributed by atoms with Crippen molar-refractivity contribution in [3.05, 3.63) is 0 Å². The Morgan fingerprint density at radius 1 is 1.20 bits per heavy atom. The van der Waals surface area contributed by atoms with Gasteiger partial charge in [0.2, 0.25) is 0 Å². The Balaban J connectivity index is 2.26. The van der Waals surface area contributed by atoms with Crippen molar-refractivity contribution in [1.82, 2.24) is 5.01 Å². The molecule has 0 radical (unpaired) electrons. The summed E-state index contributed by atoms with van der Waals surface area (Å²) >= 11 is 0. The molecule has 0 unspecified atom stereocenters. The van der Waals surface area contributed by atoms with Crippen LogP contribution in [0.1, 0.15) is 32.6 Å². The molecule has 1 aliphatic carbocycles. The lowest BCUT2D eigenvalue weighted by atomic mass is 9.87. The number of hydrogen-bond donors (Lipinski definition) is 1. The van der Waals surface area contributed by atoms with E-state index >= 15 is 0 Å². The first-order chi connectivity index (χ1) is 4.70. The highest BCUT2D eigenvalue weighted by Gasteiger charge is 2.19. The van der Waals surface area contributed by atoms with Gasteiger partial charge in [-0.2, -0.15) is 0 Å². The van der Waals surface area contributed by atoms with E-state index in [9.17, 15) is 0 Å². The summed E-state index contributed by atoms with van der Waals surface area (Å²) in [7, 11) is 1.97. The van der Waals surface area contributed by atoms with Crippen LogP contribution in [0.2, 0.25) is 0 Å². The van der Waals surface area contributed by atoms with Gasteiger partial charge in [-0.05, 0) is 31.6 Å². The molecule has 0 bridgehead atoms. The van der Waals surface area contributed by atoms with Crippen LogP contribution in [0.4, 0.5) is 0 Å². The second-order valence-corrected chi connectivity index (χ2v) is 3.58. The Morgan fingerprint density at radius 3 is 2.10 bits per heavy atom. The zero-order valence-electron chi connectivity index (χ0n) is 7.01. The van der Waals surface area contributed by atoms with Gasteiger partial charge in [0.1, 0.15) is 0 Å². The molecular weight excluding hydrogens is 124 g/mol. The minimum atomic E-state index is 0.649. The van der Waals surface area contributed by atoms with E-state index in [1.807, 2.05) is 12.1 Å². The predicted molar refractivity (Wildman–Crippen MR) is 43.4 cm³/mol. The van der Waals surface area contributed by atoms with Crippen LogP contribution in [0.25, 0.3) is 0 Å². The van der Waals surface area contributed by atoms with E-state index in [0.717, 1.165) is 5.92 Å². The quantitative estimate of drug-likeness (QED) is 0.442. The molecule has 0 spiro atoms. The van der Waals surface area contributed by atoms with E-state index in [4.69, 9.17) is 5.84 Å². The number of hydrogen-bond acceptors (Lipinski definition) is 2. The third-order valence-corrected chi connectivity index (χ3v) is 2.56. The van der Waals surface area contributed by atoms with Crippen LogP contribution in [-0.4, -0.2) is 18.1 Å². The molecule has 0 atom stereocenters. The van der Waals surface area contributed by atoms with E-state index in [1.54, 1.807) is 0 Å². The highest BCUT2D eigenvalue weighted by atomic mass is 15.4. The molecular formula is C8H18N2. The standard InChI is InChI=1S/C8H18N2/c1-7-3-5-8(6-4-7)10(2)9/h7-8H,3-6,9H2,1-2H3. The summed E-state index contributed by atoms with van der Waals surface area (Å²) in [5.74, 6) is 6.57. The van der Waals surface area contributed by atoms with Crippen molar-refractivity contribution in [3.63, 3.8) is 0 Å². The minimum absolute atomic E-state index is 0.649. The first-order valence-electron chi connectivity index (χ1n) is 4.17. The molecule has 60 valence electrons. The Morgan fingerprint density at radius 2 is 1.70 bits per heavy atom. The monoisotopic (exact) mass is 142 g/mol. The van der Waals surface area contributed by atoms with Gasteiger partial charge in [-0.25, -0.2) is 5.01 Å². The molecule has 1 aliphatic rings. The first-order valence-corrected chi connectivity index (χ1v) is 4.17. The van der Waals surface area contributed by atoms with Crippen molar-refractivity contribution in [2.24, 2.45) is 11.8 Å². The summed E-state index contributed by atoms with van der Waals surface area (Å²) < 4.78 is 0. The Bertz CT molecular complexity index is 93.4. The Kier molecular flexibility index (Phi) is 2.69. The highest BCUT2D eigenvalue weighted by Crippen LogP contribution is 2.24. The van der Waals surface area contributed by atoms with E-state index < -0.39 is 0 Å². The van der Waals surface area contributed by atoms with Crippen molar-refractivity contribution >= 4 is 0 Å². The lowest BCUT2D eigenvalue weighted by Crippen LogP contribution is -2.39. The van der Waals surface area contributed by atoms with Gasteiger partial charge < -0.3 is 0 Å². The summed E-state index contributed by atoms with van der Waals surface area (Å²) in [6.45, 7) is 2.33. The predicted octanol–water partition coefficient (Wildman–Crippen LogP) is 1.37. The molecule has 0 aromatic heterocycles. The summed E-state index contributed by atoms with van der Waals surface area (Å²) in [6, 6.07) is 0.649. The first kappa shape index (κ1) is 8.02. The van der Waals surface area contributed by atoms with Gasteiger partial charge in [-0.15, -0.1) is 0 Å². The van der Waals surface area contributed by atoms with Gasteiger partial charge in [0.25, 0.3) is 0 Å². The molecule has 1 fully saturated rings. The van der Waals surface area contributed by atoms with Crippen molar-refractivity contribution in [2.75, 3.05) is 7.05 Å². The third kappa shape index (κ3) is 1.96. The minimum Gasteiger partial charge on any atom is -0.269 e. The van der Waals surface area contributed by atoms with Crippen LogP contribution in [0, 0.1) is 5.92 Å². The number of nitrogens with zero attached hydrogens (tertiary/aromatic N) is 1. The molecule has 1 rings (SSSR count). The van der Waals surface area contributed by atoms with E-state index in [1.165, 1.54) is 25.7 Å². The fraction of sp³-hybridized carbons (Fsp3) is 1.00. The fourth-order valence-corrected chi connectivity index (χ4v) is 1.65. The van der Waals surface area contributed by atoms with Crippen molar-refractivity contribution in [1.29, 1.82) is 0 Å². The molecule has 0 aliphatic heterocycles. The van der Waals surface area contributed by atoms with Crippen LogP contribution in [-0.2, 0) is 0 Å². The fourth-order valence-electron chi connectivity index (χ4n) is 1.65. The summed E-state index contributed by atoms with van der Waals surface area (Å²) in [5, 5.41) is 1.87. The van der Waals surface area contributed by atoms with Gasteiger partial charge in [0, 0.05) is 13.1 Å². The summed E-state index contributed by atoms with van der Waals surface area (Å²) in [5.41, 5.74) is 0. The highest BCUT2D eigenvalue weighted by molar-refractivity contribution is 4.73. The van der Waals surface area contributed by atoms with E-state index in [-0.39, 0.29) is 0 Å². The Labute approximate surface area is 63.4 Å². The van der Waals surface area contributed by atoms with Gasteiger partial charge in [0.15, 0.2) is 0 Å². The molecule has 0 heterocycles. The lowest BCUT2D eigenvalue weighted by Gasteiger charge is -2.30. The molecule has 10 heavy (non-hydrogen) atoms. The van der Waals surface area contributed by atoms with Crippen LogP contribution in [0.3, 0.4) is 0 Å². The van der Waals surface area contributed by atoms with Crippen molar-refractivity contribution in [3.8, 4) is 0 Å². The number of hydrazine groups is 1. The van der Waals surface area contributed by atoms with Crippen molar-refractivity contribution < 1.29 is 0 Å². The normalized spacial score (nSPS) is 34.8. The van der Waals surface area contributed by atoms with E-state index in [2.05, 4.69) is 6.92 Å². The molecule has 0 amide bonds. The maximum Gasteiger partial charge on any atom is 0.0238 e. The van der Waals surface area contributed by atoms with E-state index in [0.29, 0.717) is 6.04 Å². The molecule has 0 aromatic carbocycles. The molecule has 2 heteroatoms.